The molecule has 114 valence electrons. The van der Waals surface area contributed by atoms with Gasteiger partial charge in [-0.25, -0.2) is 4.98 Å². The highest BCUT2D eigenvalue weighted by Crippen LogP contribution is 2.32. The Hall–Kier alpha value is -0.940. The monoisotopic (exact) mass is 297 g/mol. The topological polar surface area (TPSA) is 68.0 Å². The number of thiazole rings is 1. The van der Waals surface area contributed by atoms with Crippen LogP contribution in [-0.4, -0.2) is 16.9 Å². The molecule has 0 saturated heterocycles. The molecule has 20 heavy (non-hydrogen) atoms. The van der Waals surface area contributed by atoms with Gasteiger partial charge in [0.05, 0.1) is 16.7 Å². The number of primary amides is 1. The highest BCUT2D eigenvalue weighted by Gasteiger charge is 2.26. The lowest BCUT2D eigenvalue weighted by molar-refractivity contribution is -0.121. The average molecular weight is 297 g/mol. The SMILES string of the molecule is Cc1nc(C(C)(C)C)sc1C(C)NC(C(N)=O)C(C)C. The first-order chi connectivity index (χ1) is 9.04. The van der Waals surface area contributed by atoms with Crippen LogP contribution in [0.2, 0.25) is 0 Å². The van der Waals surface area contributed by atoms with E-state index in [1.165, 1.54) is 4.88 Å². The molecule has 1 aromatic rings. The Morgan fingerprint density at radius 1 is 1.30 bits per heavy atom. The van der Waals surface area contributed by atoms with Gasteiger partial charge in [0.2, 0.25) is 5.91 Å². The highest BCUT2D eigenvalue weighted by atomic mass is 32.1. The van der Waals surface area contributed by atoms with Gasteiger partial charge < -0.3 is 5.73 Å². The van der Waals surface area contributed by atoms with E-state index in [1.807, 2.05) is 20.8 Å². The van der Waals surface area contributed by atoms with Crippen molar-refractivity contribution in [2.45, 2.75) is 66.0 Å². The molecule has 0 saturated carbocycles. The van der Waals surface area contributed by atoms with Crippen LogP contribution in [0.1, 0.15) is 63.2 Å². The summed E-state index contributed by atoms with van der Waals surface area (Å²) in [4.78, 5) is 17.3. The highest BCUT2D eigenvalue weighted by molar-refractivity contribution is 7.12. The zero-order chi connectivity index (χ0) is 15.7. The fourth-order valence-electron chi connectivity index (χ4n) is 2.08. The van der Waals surface area contributed by atoms with Gasteiger partial charge in [-0.2, -0.15) is 0 Å². The normalized spacial score (nSPS) is 15.4. The first-order valence-corrected chi connectivity index (χ1v) is 7.88. The van der Waals surface area contributed by atoms with E-state index in [2.05, 4.69) is 38.0 Å². The van der Waals surface area contributed by atoms with Gasteiger partial charge in [-0.05, 0) is 19.8 Å². The summed E-state index contributed by atoms with van der Waals surface area (Å²) in [5.74, 6) is -0.129. The summed E-state index contributed by atoms with van der Waals surface area (Å²) in [7, 11) is 0. The lowest BCUT2D eigenvalue weighted by atomic mass is 9.98. The minimum absolute atomic E-state index is 0.0501. The van der Waals surface area contributed by atoms with Gasteiger partial charge in [-0.3, -0.25) is 10.1 Å². The van der Waals surface area contributed by atoms with E-state index in [9.17, 15) is 4.79 Å². The Bertz CT molecular complexity index is 474. The van der Waals surface area contributed by atoms with Crippen molar-refractivity contribution in [3.8, 4) is 0 Å². The van der Waals surface area contributed by atoms with Crippen LogP contribution in [0.25, 0.3) is 0 Å². The van der Waals surface area contributed by atoms with Gasteiger partial charge in [0.15, 0.2) is 0 Å². The molecule has 0 aromatic carbocycles. The maximum atomic E-state index is 11.5. The molecule has 0 spiro atoms. The largest absolute Gasteiger partial charge is 0.368 e. The molecule has 0 bridgehead atoms. The molecular weight excluding hydrogens is 270 g/mol. The minimum Gasteiger partial charge on any atom is -0.368 e. The maximum absolute atomic E-state index is 11.5. The molecule has 0 radical (unpaired) electrons. The number of carbonyl (C=O) groups excluding carboxylic acids is 1. The predicted octanol–water partition coefficient (Wildman–Crippen LogP) is 2.91. The van der Waals surface area contributed by atoms with Crippen LogP contribution in [0, 0.1) is 12.8 Å². The summed E-state index contributed by atoms with van der Waals surface area (Å²) in [6.07, 6.45) is 0. The van der Waals surface area contributed by atoms with Crippen molar-refractivity contribution in [2.75, 3.05) is 0 Å². The third-order valence-corrected chi connectivity index (χ3v) is 5.04. The molecule has 2 atom stereocenters. The van der Waals surface area contributed by atoms with E-state index in [-0.39, 0.29) is 29.3 Å². The van der Waals surface area contributed by atoms with Crippen molar-refractivity contribution in [3.05, 3.63) is 15.6 Å². The van der Waals surface area contributed by atoms with Gasteiger partial charge in [0.25, 0.3) is 0 Å². The fourth-order valence-corrected chi connectivity index (χ4v) is 3.21. The van der Waals surface area contributed by atoms with Crippen LogP contribution in [-0.2, 0) is 10.2 Å². The second-order valence-electron chi connectivity index (χ2n) is 6.73. The van der Waals surface area contributed by atoms with Crippen LogP contribution in [0.15, 0.2) is 0 Å². The summed E-state index contributed by atoms with van der Waals surface area (Å²) in [5, 5.41) is 4.46. The third kappa shape index (κ3) is 4.03. The van der Waals surface area contributed by atoms with Crippen LogP contribution in [0.5, 0.6) is 0 Å². The zero-order valence-corrected chi connectivity index (χ0v) is 14.4. The molecular formula is C15H27N3OS. The van der Waals surface area contributed by atoms with Crippen molar-refractivity contribution in [3.63, 3.8) is 0 Å². The Kier molecular flexibility index (Phi) is 5.33. The average Bonchev–Trinajstić information content (AvgIpc) is 2.66. The van der Waals surface area contributed by atoms with Gasteiger partial charge in [0.1, 0.15) is 0 Å². The van der Waals surface area contributed by atoms with Crippen molar-refractivity contribution < 1.29 is 4.79 Å². The third-order valence-electron chi connectivity index (χ3n) is 3.27. The number of amides is 1. The van der Waals surface area contributed by atoms with E-state index in [4.69, 9.17) is 5.73 Å². The van der Waals surface area contributed by atoms with Crippen LogP contribution < -0.4 is 11.1 Å². The molecule has 1 amide bonds. The number of nitrogens with zero attached hydrogens (tertiary/aromatic N) is 1. The first kappa shape index (κ1) is 17.1. The first-order valence-electron chi connectivity index (χ1n) is 7.07. The molecule has 0 aliphatic rings. The number of rotatable bonds is 5. The predicted molar refractivity (Wildman–Crippen MR) is 84.9 cm³/mol. The van der Waals surface area contributed by atoms with Crippen molar-refractivity contribution in [2.24, 2.45) is 11.7 Å². The van der Waals surface area contributed by atoms with E-state index in [1.54, 1.807) is 11.3 Å². The summed E-state index contributed by atoms with van der Waals surface area (Å²) >= 11 is 1.71. The number of carbonyl (C=O) groups is 1. The van der Waals surface area contributed by atoms with Crippen molar-refractivity contribution in [1.82, 2.24) is 10.3 Å². The number of hydrogen-bond donors (Lipinski definition) is 2. The number of hydrogen-bond acceptors (Lipinski definition) is 4. The maximum Gasteiger partial charge on any atom is 0.234 e. The molecule has 2 unspecified atom stereocenters. The summed E-state index contributed by atoms with van der Waals surface area (Å²) < 4.78 is 0. The Morgan fingerprint density at radius 3 is 2.20 bits per heavy atom. The molecule has 1 aromatic heterocycles. The fraction of sp³-hybridized carbons (Fsp3) is 0.733. The number of nitrogens with one attached hydrogen (secondary N) is 1. The van der Waals surface area contributed by atoms with Crippen LogP contribution in [0.3, 0.4) is 0 Å². The smallest absolute Gasteiger partial charge is 0.234 e. The molecule has 1 heterocycles. The standard InChI is InChI=1S/C15H27N3OS/c1-8(2)11(13(16)19)17-9(3)12-10(4)18-14(20-12)15(5,6)7/h8-9,11,17H,1-7H3,(H2,16,19). The molecule has 4 nitrogen and oxygen atoms in total. The number of aryl methyl sites for hydroxylation is 1. The molecule has 0 aliphatic heterocycles. The Morgan fingerprint density at radius 2 is 1.85 bits per heavy atom. The molecule has 5 heteroatoms. The lowest BCUT2D eigenvalue weighted by Crippen LogP contribution is -2.45. The summed E-state index contributed by atoms with van der Waals surface area (Å²) in [6, 6.07) is -0.243. The van der Waals surface area contributed by atoms with Gasteiger partial charge >= 0.3 is 0 Å². The van der Waals surface area contributed by atoms with Crippen molar-refractivity contribution in [1.29, 1.82) is 0 Å². The van der Waals surface area contributed by atoms with Crippen LogP contribution >= 0.6 is 11.3 Å². The minimum atomic E-state index is -0.315. The van der Waals surface area contributed by atoms with E-state index in [0.29, 0.717) is 0 Å². The van der Waals surface area contributed by atoms with E-state index >= 15 is 0 Å². The van der Waals surface area contributed by atoms with E-state index in [0.717, 1.165) is 10.7 Å². The van der Waals surface area contributed by atoms with Gasteiger partial charge in [0, 0.05) is 16.3 Å². The summed E-state index contributed by atoms with van der Waals surface area (Å²) in [5.41, 5.74) is 6.55. The van der Waals surface area contributed by atoms with E-state index < -0.39 is 0 Å². The second-order valence-corrected chi connectivity index (χ2v) is 7.76. The molecule has 0 aliphatic carbocycles. The Balaban J connectivity index is 2.95. The van der Waals surface area contributed by atoms with Gasteiger partial charge in [-0.15, -0.1) is 11.3 Å². The second kappa shape index (κ2) is 6.22. The number of nitrogens with two attached hydrogens (primary N) is 1. The molecule has 3 N–H and O–H groups in total. The quantitative estimate of drug-likeness (QED) is 0.878. The molecule has 0 fully saturated rings. The molecule has 1 rings (SSSR count). The van der Waals surface area contributed by atoms with Crippen LogP contribution in [0.4, 0.5) is 0 Å². The van der Waals surface area contributed by atoms with Crippen molar-refractivity contribution >= 4 is 17.2 Å². The summed E-state index contributed by atoms with van der Waals surface area (Å²) in [6.45, 7) is 14.6. The number of aromatic nitrogens is 1. The Labute approximate surface area is 126 Å². The lowest BCUT2D eigenvalue weighted by Gasteiger charge is -2.23. The van der Waals surface area contributed by atoms with Gasteiger partial charge in [-0.1, -0.05) is 34.6 Å². The zero-order valence-electron chi connectivity index (χ0n) is 13.6.